The highest BCUT2D eigenvalue weighted by Crippen LogP contribution is 2.43. The lowest BCUT2D eigenvalue weighted by Crippen LogP contribution is -2.18. The van der Waals surface area contributed by atoms with E-state index in [-0.39, 0.29) is 0 Å². The molecule has 2 aromatic heterocycles. The minimum Gasteiger partial charge on any atom is -0.425 e. The van der Waals surface area contributed by atoms with Crippen molar-refractivity contribution in [2.75, 3.05) is 23.8 Å². The number of hydrogen-bond donors (Lipinski definition) is 1. The number of nitrogens with zero attached hydrogens (tertiary/aromatic N) is 1. The van der Waals surface area contributed by atoms with Crippen LogP contribution >= 0.6 is 0 Å². The van der Waals surface area contributed by atoms with Gasteiger partial charge in [0.1, 0.15) is 11.2 Å². The van der Waals surface area contributed by atoms with E-state index in [0.29, 0.717) is 5.78 Å². The van der Waals surface area contributed by atoms with Gasteiger partial charge in [0.25, 0.3) is 5.78 Å². The van der Waals surface area contributed by atoms with Crippen molar-refractivity contribution in [1.82, 2.24) is 0 Å². The number of anilines is 3. The molecule has 4 nitrogen and oxygen atoms in total. The zero-order valence-corrected chi connectivity index (χ0v) is 18.4. The largest absolute Gasteiger partial charge is 0.425 e. The normalized spacial score (nSPS) is 11.7. The van der Waals surface area contributed by atoms with Crippen LogP contribution in [0.3, 0.4) is 0 Å². The van der Waals surface area contributed by atoms with Crippen LogP contribution in [0.2, 0.25) is 0 Å². The molecule has 0 radical (unpaired) electrons. The molecule has 0 aliphatic rings. The van der Waals surface area contributed by atoms with E-state index in [1.165, 1.54) is 16.6 Å². The minimum absolute atomic E-state index is 0.573. The smallest absolute Gasteiger partial charge is 0.299 e. The Morgan fingerprint density at radius 3 is 2.16 bits per heavy atom. The third-order valence-corrected chi connectivity index (χ3v) is 6.38. The highest BCUT2D eigenvalue weighted by atomic mass is 16.5. The molecule has 32 heavy (non-hydrogen) atoms. The first kappa shape index (κ1) is 18.8. The highest BCUT2D eigenvalue weighted by Gasteiger charge is 2.21. The van der Waals surface area contributed by atoms with Crippen molar-refractivity contribution in [3.05, 3.63) is 78.4 Å². The van der Waals surface area contributed by atoms with Crippen molar-refractivity contribution in [2.45, 2.75) is 13.8 Å². The first-order valence-electron chi connectivity index (χ1n) is 11.0. The Labute approximate surface area is 186 Å². The Hall–Kier alpha value is -3.92. The molecular formula is C28H24N2O2. The highest BCUT2D eigenvalue weighted by molar-refractivity contribution is 6.20. The molecule has 4 aromatic carbocycles. The van der Waals surface area contributed by atoms with Crippen LogP contribution in [0.15, 0.2) is 81.6 Å². The quantitative estimate of drug-likeness (QED) is 0.314. The molecule has 158 valence electrons. The maximum absolute atomic E-state index is 6.24. The van der Waals surface area contributed by atoms with Crippen LogP contribution in [0.5, 0.6) is 0 Å². The van der Waals surface area contributed by atoms with Gasteiger partial charge in [0, 0.05) is 36.1 Å². The van der Waals surface area contributed by atoms with E-state index in [9.17, 15) is 0 Å². The maximum Gasteiger partial charge on any atom is 0.299 e. The lowest BCUT2D eigenvalue weighted by molar-refractivity contribution is 0.525. The van der Waals surface area contributed by atoms with Gasteiger partial charge in [-0.25, -0.2) is 0 Å². The zero-order chi connectivity index (χ0) is 21.8. The lowest BCUT2D eigenvalue weighted by Gasteiger charge is -2.27. The van der Waals surface area contributed by atoms with Gasteiger partial charge in [-0.05, 0) is 54.4 Å². The molecule has 0 atom stereocenters. The van der Waals surface area contributed by atoms with Crippen LogP contribution in [0, 0.1) is 6.92 Å². The monoisotopic (exact) mass is 420 g/mol. The number of rotatable bonds is 4. The van der Waals surface area contributed by atoms with Crippen LogP contribution in [0.4, 0.5) is 17.1 Å². The average Bonchev–Trinajstić information content (AvgIpc) is 3.33. The Bertz CT molecular complexity index is 1620. The van der Waals surface area contributed by atoms with Crippen LogP contribution < -0.4 is 10.2 Å². The van der Waals surface area contributed by atoms with Crippen molar-refractivity contribution in [3.63, 3.8) is 0 Å². The summed E-state index contributed by atoms with van der Waals surface area (Å²) < 4.78 is 12.4. The Morgan fingerprint density at radius 2 is 1.44 bits per heavy atom. The topological polar surface area (TPSA) is 41.6 Å². The molecule has 0 fully saturated rings. The molecule has 4 heteroatoms. The van der Waals surface area contributed by atoms with Crippen molar-refractivity contribution in [3.8, 4) is 0 Å². The zero-order valence-electron chi connectivity index (χ0n) is 18.4. The van der Waals surface area contributed by atoms with Crippen LogP contribution in [-0.2, 0) is 0 Å². The second-order valence-electron chi connectivity index (χ2n) is 8.21. The molecule has 0 aliphatic heterocycles. The maximum atomic E-state index is 6.24. The van der Waals surface area contributed by atoms with E-state index < -0.39 is 0 Å². The summed E-state index contributed by atoms with van der Waals surface area (Å²) in [6, 6.07) is 25.4. The van der Waals surface area contributed by atoms with Gasteiger partial charge in [0.05, 0.1) is 16.8 Å². The van der Waals surface area contributed by atoms with E-state index in [2.05, 4.69) is 90.8 Å². The molecule has 0 bridgehead atoms. The van der Waals surface area contributed by atoms with Gasteiger partial charge in [-0.15, -0.1) is 0 Å². The Morgan fingerprint density at radius 1 is 0.781 bits per heavy atom. The average molecular weight is 421 g/mol. The number of para-hydroxylation sites is 1. The molecule has 0 saturated heterocycles. The van der Waals surface area contributed by atoms with Crippen molar-refractivity contribution in [2.24, 2.45) is 0 Å². The number of benzene rings is 4. The molecule has 0 amide bonds. The van der Waals surface area contributed by atoms with Gasteiger partial charge in [0.15, 0.2) is 0 Å². The summed E-state index contributed by atoms with van der Waals surface area (Å²) >= 11 is 0. The molecule has 6 aromatic rings. The summed E-state index contributed by atoms with van der Waals surface area (Å²) in [7, 11) is 1.97. The number of furan rings is 2. The fraction of sp³-hybridized carbons (Fsp3) is 0.143. The summed E-state index contributed by atoms with van der Waals surface area (Å²) in [6.45, 7) is 5.16. The fourth-order valence-electron chi connectivity index (χ4n) is 4.80. The predicted octanol–water partition coefficient (Wildman–Crippen LogP) is 7.99. The van der Waals surface area contributed by atoms with Gasteiger partial charge < -0.3 is 19.1 Å². The molecule has 1 N–H and O–H groups in total. The first-order valence-corrected chi connectivity index (χ1v) is 11.0. The van der Waals surface area contributed by atoms with Gasteiger partial charge in [-0.2, -0.15) is 0 Å². The van der Waals surface area contributed by atoms with Crippen molar-refractivity contribution < 1.29 is 8.83 Å². The van der Waals surface area contributed by atoms with E-state index in [1.54, 1.807) is 0 Å². The van der Waals surface area contributed by atoms with Crippen LogP contribution in [0.1, 0.15) is 12.5 Å². The summed E-state index contributed by atoms with van der Waals surface area (Å²) in [5.74, 6) is 0.573. The predicted molar refractivity (Wildman–Crippen MR) is 134 cm³/mol. The molecule has 0 spiro atoms. The SMILES string of the molecule is CCN(c1ccccc1C)c1cc2oc3oc4cc5ccccc5cc4c3c2cc1NC. The van der Waals surface area contributed by atoms with E-state index in [4.69, 9.17) is 8.83 Å². The second-order valence-corrected chi connectivity index (χ2v) is 8.21. The molecule has 0 aliphatic carbocycles. The first-order chi connectivity index (χ1) is 15.7. The fourth-order valence-corrected chi connectivity index (χ4v) is 4.80. The van der Waals surface area contributed by atoms with Gasteiger partial charge in [-0.1, -0.05) is 42.5 Å². The summed E-state index contributed by atoms with van der Waals surface area (Å²) in [5, 5.41) is 8.93. The van der Waals surface area contributed by atoms with Gasteiger partial charge >= 0.3 is 0 Å². The third-order valence-electron chi connectivity index (χ3n) is 6.38. The van der Waals surface area contributed by atoms with E-state index in [1.807, 2.05) is 13.1 Å². The Balaban J connectivity index is 1.62. The molecule has 6 rings (SSSR count). The van der Waals surface area contributed by atoms with Crippen molar-refractivity contribution in [1.29, 1.82) is 0 Å². The molecular weight excluding hydrogens is 396 g/mol. The van der Waals surface area contributed by atoms with Crippen LogP contribution in [-0.4, -0.2) is 13.6 Å². The van der Waals surface area contributed by atoms with E-state index >= 15 is 0 Å². The lowest BCUT2D eigenvalue weighted by atomic mass is 10.0. The number of aryl methyl sites for hydroxylation is 1. The number of nitrogens with one attached hydrogen (secondary N) is 1. The minimum atomic E-state index is 0.573. The van der Waals surface area contributed by atoms with Gasteiger partial charge in [-0.3, -0.25) is 0 Å². The number of fused-ring (bicyclic) bond motifs is 6. The third kappa shape index (κ3) is 2.69. The summed E-state index contributed by atoms with van der Waals surface area (Å²) in [5.41, 5.74) is 6.25. The molecule has 0 saturated carbocycles. The molecule has 2 heterocycles. The summed E-state index contributed by atoms with van der Waals surface area (Å²) in [6.07, 6.45) is 0. The molecule has 0 unspecified atom stereocenters. The van der Waals surface area contributed by atoms with E-state index in [0.717, 1.165) is 50.6 Å². The second kappa shape index (κ2) is 7.06. The van der Waals surface area contributed by atoms with Crippen LogP contribution in [0.25, 0.3) is 43.9 Å². The van der Waals surface area contributed by atoms with Gasteiger partial charge in [0.2, 0.25) is 0 Å². The van der Waals surface area contributed by atoms with Crippen molar-refractivity contribution >= 4 is 60.9 Å². The number of hydrogen-bond acceptors (Lipinski definition) is 4. The standard InChI is InChI=1S/C28H24N2O2/c1-4-30(23-12-8-5-9-17(23)2)24-16-26-21(15-22(24)29-3)27-20-13-18-10-6-7-11-19(18)14-25(20)31-28(27)32-26/h5-16,29H,4H2,1-3H3. The summed E-state index contributed by atoms with van der Waals surface area (Å²) in [4.78, 5) is 2.32. The Kier molecular flexibility index (Phi) is 4.15.